The van der Waals surface area contributed by atoms with Crippen LogP contribution < -0.4 is 5.32 Å². The number of rotatable bonds is 2. The minimum atomic E-state index is -0.407. The van der Waals surface area contributed by atoms with E-state index in [0.717, 1.165) is 5.56 Å². The van der Waals surface area contributed by atoms with Crippen LogP contribution in [0.15, 0.2) is 36.4 Å². The lowest BCUT2D eigenvalue weighted by molar-refractivity contribution is 0.102. The molecule has 0 atom stereocenters. The first-order valence-corrected chi connectivity index (χ1v) is 6.25. The third-order valence-corrected chi connectivity index (χ3v) is 3.37. The molecule has 19 heavy (non-hydrogen) atoms. The fraction of sp³-hybridized carbons (Fsp3) is 0.0714. The predicted molar refractivity (Wildman–Crippen MR) is 75.6 cm³/mol. The number of carbonyl (C=O) groups is 1. The van der Waals surface area contributed by atoms with Crippen molar-refractivity contribution < 1.29 is 9.18 Å². The molecule has 0 bridgehead atoms. The van der Waals surface area contributed by atoms with Gasteiger partial charge in [-0.1, -0.05) is 29.3 Å². The van der Waals surface area contributed by atoms with Gasteiger partial charge in [0.05, 0.1) is 10.0 Å². The molecule has 0 aliphatic rings. The van der Waals surface area contributed by atoms with Crippen molar-refractivity contribution in [2.75, 3.05) is 5.32 Å². The number of halogens is 3. The van der Waals surface area contributed by atoms with Crippen LogP contribution in [0.3, 0.4) is 0 Å². The van der Waals surface area contributed by atoms with Crippen molar-refractivity contribution in [3.8, 4) is 0 Å². The Morgan fingerprint density at radius 1 is 1.11 bits per heavy atom. The van der Waals surface area contributed by atoms with Gasteiger partial charge in [0.25, 0.3) is 5.91 Å². The lowest BCUT2D eigenvalue weighted by Crippen LogP contribution is -2.12. The van der Waals surface area contributed by atoms with Crippen LogP contribution in [-0.2, 0) is 0 Å². The summed E-state index contributed by atoms with van der Waals surface area (Å²) in [5, 5.41) is 3.31. The van der Waals surface area contributed by atoms with Gasteiger partial charge in [-0.3, -0.25) is 4.79 Å². The van der Waals surface area contributed by atoms with Crippen molar-refractivity contribution in [3.63, 3.8) is 0 Å². The van der Waals surface area contributed by atoms with Crippen LogP contribution >= 0.6 is 23.2 Å². The van der Waals surface area contributed by atoms with E-state index in [-0.39, 0.29) is 5.91 Å². The number of anilines is 1. The molecule has 2 nitrogen and oxygen atoms in total. The maximum Gasteiger partial charge on any atom is 0.255 e. The van der Waals surface area contributed by atoms with E-state index in [4.69, 9.17) is 23.2 Å². The Morgan fingerprint density at radius 3 is 2.53 bits per heavy atom. The van der Waals surface area contributed by atoms with Crippen molar-refractivity contribution in [2.24, 2.45) is 0 Å². The van der Waals surface area contributed by atoms with Crippen molar-refractivity contribution in [1.82, 2.24) is 0 Å². The first-order chi connectivity index (χ1) is 8.97. The third-order valence-electron chi connectivity index (χ3n) is 2.63. The van der Waals surface area contributed by atoms with E-state index in [0.29, 0.717) is 21.3 Å². The summed E-state index contributed by atoms with van der Waals surface area (Å²) in [5.74, 6) is -0.776. The smallest absolute Gasteiger partial charge is 0.255 e. The summed E-state index contributed by atoms with van der Waals surface area (Å²) in [6, 6.07) is 8.76. The summed E-state index contributed by atoms with van der Waals surface area (Å²) < 4.78 is 13.1. The first kappa shape index (κ1) is 13.8. The summed E-state index contributed by atoms with van der Waals surface area (Å²) in [7, 11) is 0. The maximum atomic E-state index is 13.1. The van der Waals surface area contributed by atoms with Crippen LogP contribution in [0.1, 0.15) is 15.9 Å². The van der Waals surface area contributed by atoms with Crippen LogP contribution in [0.5, 0.6) is 0 Å². The van der Waals surface area contributed by atoms with Gasteiger partial charge in [-0.25, -0.2) is 4.39 Å². The van der Waals surface area contributed by atoms with Gasteiger partial charge < -0.3 is 5.32 Å². The summed E-state index contributed by atoms with van der Waals surface area (Å²) in [6.07, 6.45) is 0. The summed E-state index contributed by atoms with van der Waals surface area (Å²) in [6.45, 7) is 1.78. The topological polar surface area (TPSA) is 29.1 Å². The van der Waals surface area contributed by atoms with Crippen LogP contribution in [0.25, 0.3) is 0 Å². The van der Waals surface area contributed by atoms with E-state index in [2.05, 4.69) is 5.32 Å². The zero-order chi connectivity index (χ0) is 14.0. The van der Waals surface area contributed by atoms with E-state index in [9.17, 15) is 9.18 Å². The number of hydrogen-bond acceptors (Lipinski definition) is 1. The number of amides is 1. The number of nitrogens with one attached hydrogen (secondary N) is 1. The molecular weight excluding hydrogens is 288 g/mol. The second kappa shape index (κ2) is 5.59. The second-order valence-corrected chi connectivity index (χ2v) is 4.86. The summed E-state index contributed by atoms with van der Waals surface area (Å²) in [4.78, 5) is 12.0. The SMILES string of the molecule is Cc1ccc(F)cc1NC(=O)c1ccc(Cl)c(Cl)c1. The van der Waals surface area contributed by atoms with E-state index < -0.39 is 5.82 Å². The van der Waals surface area contributed by atoms with Crippen molar-refractivity contribution in [1.29, 1.82) is 0 Å². The fourth-order valence-electron chi connectivity index (χ4n) is 1.56. The Bertz CT molecular complexity index is 643. The monoisotopic (exact) mass is 297 g/mol. The molecule has 2 aromatic rings. The van der Waals surface area contributed by atoms with Gasteiger partial charge in [0.15, 0.2) is 0 Å². The Hall–Kier alpha value is -1.58. The Morgan fingerprint density at radius 2 is 1.84 bits per heavy atom. The molecule has 0 unspecified atom stereocenters. The highest BCUT2D eigenvalue weighted by molar-refractivity contribution is 6.42. The number of carbonyl (C=O) groups excluding carboxylic acids is 1. The zero-order valence-electron chi connectivity index (χ0n) is 10.0. The molecule has 0 heterocycles. The van der Waals surface area contributed by atoms with E-state index in [1.807, 2.05) is 0 Å². The standard InChI is InChI=1S/C14H10Cl2FNO/c1-8-2-4-10(17)7-13(8)18-14(19)9-3-5-11(15)12(16)6-9/h2-7H,1H3,(H,18,19). The largest absolute Gasteiger partial charge is 0.322 e. The molecule has 1 amide bonds. The van der Waals surface area contributed by atoms with Gasteiger partial charge in [-0.2, -0.15) is 0 Å². The van der Waals surface area contributed by atoms with E-state index >= 15 is 0 Å². The normalized spacial score (nSPS) is 10.3. The summed E-state index contributed by atoms with van der Waals surface area (Å²) in [5.41, 5.74) is 1.56. The molecule has 1 N–H and O–H groups in total. The number of benzene rings is 2. The van der Waals surface area contributed by atoms with E-state index in [1.54, 1.807) is 19.1 Å². The Kier molecular flexibility index (Phi) is 4.08. The minimum Gasteiger partial charge on any atom is -0.322 e. The first-order valence-electron chi connectivity index (χ1n) is 5.50. The molecule has 5 heteroatoms. The molecule has 2 aromatic carbocycles. The molecule has 0 aromatic heterocycles. The summed E-state index contributed by atoms with van der Waals surface area (Å²) >= 11 is 11.6. The number of hydrogen-bond donors (Lipinski definition) is 1. The van der Waals surface area contributed by atoms with Crippen molar-refractivity contribution in [3.05, 3.63) is 63.4 Å². The van der Waals surface area contributed by atoms with Gasteiger partial charge >= 0.3 is 0 Å². The molecule has 0 aliphatic carbocycles. The highest BCUT2D eigenvalue weighted by atomic mass is 35.5. The number of aryl methyl sites for hydroxylation is 1. The molecule has 0 saturated heterocycles. The molecule has 0 fully saturated rings. The van der Waals surface area contributed by atoms with Gasteiger partial charge in [0.1, 0.15) is 5.82 Å². The molecule has 98 valence electrons. The highest BCUT2D eigenvalue weighted by Gasteiger charge is 2.10. The Balaban J connectivity index is 2.25. The second-order valence-electron chi connectivity index (χ2n) is 4.04. The quantitative estimate of drug-likeness (QED) is 0.856. The minimum absolute atomic E-state index is 0.297. The van der Waals surface area contributed by atoms with Gasteiger partial charge in [0, 0.05) is 11.3 Å². The predicted octanol–water partition coefficient (Wildman–Crippen LogP) is 4.69. The average molecular weight is 298 g/mol. The lowest BCUT2D eigenvalue weighted by atomic mass is 10.1. The third kappa shape index (κ3) is 3.25. The molecule has 0 radical (unpaired) electrons. The van der Waals surface area contributed by atoms with E-state index in [1.165, 1.54) is 24.3 Å². The molecule has 0 saturated carbocycles. The van der Waals surface area contributed by atoms with Crippen LogP contribution in [0, 0.1) is 12.7 Å². The molecule has 0 spiro atoms. The maximum absolute atomic E-state index is 13.1. The lowest BCUT2D eigenvalue weighted by Gasteiger charge is -2.09. The van der Waals surface area contributed by atoms with Crippen LogP contribution in [0.4, 0.5) is 10.1 Å². The molecule has 0 aliphatic heterocycles. The molecule has 2 rings (SSSR count). The average Bonchev–Trinajstić information content (AvgIpc) is 2.37. The van der Waals surface area contributed by atoms with Crippen LogP contribution in [0.2, 0.25) is 10.0 Å². The Labute approximate surface area is 120 Å². The van der Waals surface area contributed by atoms with Crippen molar-refractivity contribution >= 4 is 34.8 Å². The van der Waals surface area contributed by atoms with Gasteiger partial charge in [0.2, 0.25) is 0 Å². The fourth-order valence-corrected chi connectivity index (χ4v) is 1.86. The van der Waals surface area contributed by atoms with Crippen molar-refractivity contribution in [2.45, 2.75) is 6.92 Å². The highest BCUT2D eigenvalue weighted by Crippen LogP contribution is 2.23. The zero-order valence-corrected chi connectivity index (χ0v) is 11.5. The molecular formula is C14H10Cl2FNO. The van der Waals surface area contributed by atoms with Gasteiger partial charge in [-0.15, -0.1) is 0 Å². The van der Waals surface area contributed by atoms with Gasteiger partial charge in [-0.05, 0) is 42.8 Å². The van der Waals surface area contributed by atoms with Crippen LogP contribution in [-0.4, -0.2) is 5.91 Å².